The van der Waals surface area contributed by atoms with E-state index in [9.17, 15) is 19.8 Å². The van der Waals surface area contributed by atoms with Gasteiger partial charge in [-0.3, -0.25) is 19.9 Å². The van der Waals surface area contributed by atoms with Crippen molar-refractivity contribution in [3.63, 3.8) is 0 Å². The average molecular weight is 906 g/mol. The van der Waals surface area contributed by atoms with Crippen LogP contribution in [0, 0.1) is 6.92 Å². The highest BCUT2D eigenvalue weighted by molar-refractivity contribution is 6.23. The van der Waals surface area contributed by atoms with Crippen LogP contribution in [0.2, 0.25) is 0 Å². The van der Waals surface area contributed by atoms with Gasteiger partial charge < -0.3 is 20.5 Å². The van der Waals surface area contributed by atoms with E-state index in [1.54, 1.807) is 42.5 Å². The van der Waals surface area contributed by atoms with Crippen molar-refractivity contribution in [1.29, 1.82) is 0 Å². The third-order valence-corrected chi connectivity index (χ3v) is 12.7. The number of hydrogen-bond acceptors (Lipinski definition) is 10. The van der Waals surface area contributed by atoms with Gasteiger partial charge in [0.25, 0.3) is 5.91 Å². The van der Waals surface area contributed by atoms with Crippen LogP contribution in [0.1, 0.15) is 56.3 Å². The van der Waals surface area contributed by atoms with Crippen LogP contribution in [0.5, 0.6) is 11.5 Å². The summed E-state index contributed by atoms with van der Waals surface area (Å²) in [5.74, 6) is -1.11. The second-order valence-electron chi connectivity index (χ2n) is 17.1. The summed E-state index contributed by atoms with van der Waals surface area (Å²) in [6.07, 6.45) is 1.88. The molecule has 1 aromatic heterocycles. The monoisotopic (exact) mass is 905 g/mol. The highest BCUT2D eigenvalue weighted by atomic mass is 16.6. The molecule has 10 aromatic rings. The van der Waals surface area contributed by atoms with Gasteiger partial charge in [0.1, 0.15) is 23.7 Å². The SMILES string of the molecule is CCCc1ccccc1NOCc1cc2ccc3c4ccccc4[nH]c3c2c(N=Nc2ccc3c(c2)C(=O)c2cc(N=Nc4c(O)c(C(=O)Nc5ccccc5C)cc5ccccc45)ccc2-3)c1O. The van der Waals surface area contributed by atoms with Gasteiger partial charge in [0.2, 0.25) is 0 Å². The van der Waals surface area contributed by atoms with Crippen LogP contribution in [0.4, 0.5) is 34.1 Å². The number of anilines is 2. The number of H-pyrrole nitrogens is 1. The van der Waals surface area contributed by atoms with Gasteiger partial charge in [-0.25, -0.2) is 0 Å². The number of aromatic hydroxyl groups is 2. The van der Waals surface area contributed by atoms with E-state index in [4.69, 9.17) is 9.95 Å². The van der Waals surface area contributed by atoms with E-state index in [0.717, 1.165) is 68.0 Å². The molecule has 0 radical (unpaired) electrons. The molecule has 0 aliphatic heterocycles. The summed E-state index contributed by atoms with van der Waals surface area (Å²) in [4.78, 5) is 37.2. The Bertz CT molecular complexity index is 3800. The molecule has 12 nitrogen and oxygen atoms in total. The molecule has 0 unspecified atom stereocenters. The fourth-order valence-corrected chi connectivity index (χ4v) is 9.23. The smallest absolute Gasteiger partial charge is 0.259 e. The number of nitrogens with zero attached hydrogens (tertiary/aromatic N) is 4. The quantitative estimate of drug-likeness (QED) is 0.0603. The molecule has 1 aliphatic carbocycles. The van der Waals surface area contributed by atoms with Crippen molar-refractivity contribution in [2.24, 2.45) is 20.5 Å². The lowest BCUT2D eigenvalue weighted by Gasteiger charge is -2.14. The summed E-state index contributed by atoms with van der Waals surface area (Å²) in [6, 6.07) is 48.9. The predicted molar refractivity (Wildman–Crippen MR) is 272 cm³/mol. The van der Waals surface area contributed by atoms with Crippen LogP contribution in [0.15, 0.2) is 178 Å². The molecule has 1 aliphatic rings. The second-order valence-corrected chi connectivity index (χ2v) is 17.1. The number of ketones is 1. The standard InChI is InChI=1S/C57H43N7O5/c1-3-12-33-14-6-10-19-48(33)64-69-31-36-27-35-21-24-43-42-17-8-11-20-49(42)58-51(43)50(35)53(54(36)65)63-61-38-23-26-41-40-25-22-37(29-44(40)55(66)45(41)30-38)60-62-52-39-16-7-5-15-34(39)28-46(56(52)67)57(68)59-47-18-9-4-13-32(47)2/h4-11,13-30,58,64-65,67H,3,12,31H2,1-2H3,(H,59,68). The molecule has 5 N–H and O–H groups in total. The van der Waals surface area contributed by atoms with E-state index in [1.165, 1.54) is 0 Å². The number of aromatic nitrogens is 1. The zero-order valence-corrected chi connectivity index (χ0v) is 37.5. The van der Waals surface area contributed by atoms with Crippen LogP contribution in [0.3, 0.4) is 0 Å². The molecule has 336 valence electrons. The van der Waals surface area contributed by atoms with Crippen LogP contribution in [0.25, 0.3) is 54.5 Å². The van der Waals surface area contributed by atoms with Crippen LogP contribution < -0.4 is 10.8 Å². The van der Waals surface area contributed by atoms with Gasteiger partial charge in [-0.05, 0) is 101 Å². The number of fused-ring (bicyclic) bond motifs is 9. The molecule has 0 saturated carbocycles. The number of rotatable bonds is 12. The van der Waals surface area contributed by atoms with Gasteiger partial charge in [-0.15, -0.1) is 10.2 Å². The van der Waals surface area contributed by atoms with E-state index in [-0.39, 0.29) is 40.8 Å². The molecule has 69 heavy (non-hydrogen) atoms. The van der Waals surface area contributed by atoms with E-state index in [0.29, 0.717) is 49.9 Å². The average Bonchev–Trinajstić information content (AvgIpc) is 3.88. The fraction of sp³-hybridized carbons (Fsp3) is 0.0877. The third kappa shape index (κ3) is 7.78. The van der Waals surface area contributed by atoms with Gasteiger partial charge in [-0.1, -0.05) is 116 Å². The molecule has 0 bridgehead atoms. The maximum absolute atomic E-state index is 14.1. The van der Waals surface area contributed by atoms with Gasteiger partial charge in [0.15, 0.2) is 11.5 Å². The minimum Gasteiger partial charge on any atom is -0.505 e. The molecule has 11 rings (SSSR count). The number of azo groups is 2. The lowest BCUT2D eigenvalue weighted by molar-refractivity contribution is 0.102. The largest absolute Gasteiger partial charge is 0.505 e. The van der Waals surface area contributed by atoms with Crippen molar-refractivity contribution in [1.82, 2.24) is 4.98 Å². The van der Waals surface area contributed by atoms with E-state index in [1.807, 2.05) is 104 Å². The van der Waals surface area contributed by atoms with Gasteiger partial charge in [0, 0.05) is 49.4 Å². The first kappa shape index (κ1) is 42.6. The molecular formula is C57H43N7O5. The number of para-hydroxylation sites is 3. The first-order chi connectivity index (χ1) is 33.7. The Labute approximate surface area is 395 Å². The second kappa shape index (κ2) is 17.7. The molecule has 1 amide bonds. The van der Waals surface area contributed by atoms with E-state index < -0.39 is 5.91 Å². The van der Waals surface area contributed by atoms with Crippen LogP contribution in [-0.4, -0.2) is 26.9 Å². The first-order valence-corrected chi connectivity index (χ1v) is 22.7. The maximum atomic E-state index is 14.1. The minimum atomic E-state index is -0.489. The van der Waals surface area contributed by atoms with Crippen molar-refractivity contribution in [2.45, 2.75) is 33.3 Å². The number of benzene rings is 9. The Balaban J connectivity index is 0.900. The Morgan fingerprint density at radius 3 is 2.03 bits per heavy atom. The van der Waals surface area contributed by atoms with E-state index in [2.05, 4.69) is 56.2 Å². The minimum absolute atomic E-state index is 0.0401. The number of carbonyl (C=O) groups is 2. The molecule has 0 atom stereocenters. The molecule has 12 heteroatoms. The number of aromatic amines is 1. The zero-order chi connectivity index (χ0) is 47.2. The number of phenols is 2. The summed E-state index contributed by atoms with van der Waals surface area (Å²) < 4.78 is 0. The number of nitrogens with one attached hydrogen (secondary N) is 3. The fourth-order valence-electron chi connectivity index (χ4n) is 9.23. The van der Waals surface area contributed by atoms with Crippen molar-refractivity contribution in [2.75, 3.05) is 10.8 Å². The summed E-state index contributed by atoms with van der Waals surface area (Å²) in [7, 11) is 0. The Morgan fingerprint density at radius 2 is 1.28 bits per heavy atom. The van der Waals surface area contributed by atoms with Crippen LogP contribution in [-0.2, 0) is 17.9 Å². The van der Waals surface area contributed by atoms with Gasteiger partial charge in [-0.2, -0.15) is 10.2 Å². The highest BCUT2D eigenvalue weighted by Crippen LogP contribution is 2.46. The van der Waals surface area contributed by atoms with Crippen molar-refractivity contribution in [3.05, 3.63) is 191 Å². The topological polar surface area (TPSA) is 173 Å². The molecule has 0 fully saturated rings. The number of hydrogen-bond donors (Lipinski definition) is 5. The molecular weight excluding hydrogens is 863 g/mol. The molecule has 9 aromatic carbocycles. The summed E-state index contributed by atoms with van der Waals surface area (Å²) >= 11 is 0. The Kier molecular flexibility index (Phi) is 10.9. The summed E-state index contributed by atoms with van der Waals surface area (Å²) in [6.45, 7) is 4.06. The molecule has 0 spiro atoms. The van der Waals surface area contributed by atoms with Crippen molar-refractivity contribution in [3.8, 4) is 22.6 Å². The first-order valence-electron chi connectivity index (χ1n) is 22.7. The Morgan fingerprint density at radius 1 is 0.609 bits per heavy atom. The molecule has 1 heterocycles. The summed E-state index contributed by atoms with van der Waals surface area (Å²) in [5, 5.41) is 49.5. The lowest BCUT2D eigenvalue weighted by atomic mass is 10.0. The maximum Gasteiger partial charge on any atom is 0.259 e. The number of phenolic OH excluding ortho intramolecular Hbond substituents is 2. The van der Waals surface area contributed by atoms with Gasteiger partial charge >= 0.3 is 0 Å². The van der Waals surface area contributed by atoms with Crippen LogP contribution >= 0.6 is 0 Å². The highest BCUT2D eigenvalue weighted by Gasteiger charge is 2.28. The lowest BCUT2D eigenvalue weighted by Crippen LogP contribution is -2.13. The zero-order valence-electron chi connectivity index (χ0n) is 37.5. The molecule has 0 saturated heterocycles. The Hall–Kier alpha value is -9.00. The number of carbonyl (C=O) groups excluding carboxylic acids is 2. The van der Waals surface area contributed by atoms with Crippen molar-refractivity contribution < 1.29 is 24.6 Å². The summed E-state index contributed by atoms with van der Waals surface area (Å²) in [5.41, 5.74) is 12.4. The van der Waals surface area contributed by atoms with E-state index >= 15 is 0 Å². The number of amides is 1. The van der Waals surface area contributed by atoms with Gasteiger partial charge in [0.05, 0.1) is 28.1 Å². The number of aryl methyl sites for hydroxylation is 2. The normalized spacial score (nSPS) is 12.2. The predicted octanol–water partition coefficient (Wildman–Crippen LogP) is 15.1. The third-order valence-electron chi connectivity index (χ3n) is 12.7. The van der Waals surface area contributed by atoms with Crippen molar-refractivity contribution >= 4 is 89.2 Å².